The summed E-state index contributed by atoms with van der Waals surface area (Å²) >= 11 is 3.43. The molecule has 0 aliphatic heterocycles. The first kappa shape index (κ1) is 18.2. The number of aliphatic carboxylic acids is 2. The molecule has 22 heavy (non-hydrogen) atoms. The molecule has 0 saturated carbocycles. The zero-order chi connectivity index (χ0) is 16.8. The first-order valence-corrected chi connectivity index (χ1v) is 7.77. The molecule has 0 unspecified atom stereocenters. The molecule has 0 aliphatic rings. The van der Waals surface area contributed by atoms with Crippen LogP contribution in [-0.4, -0.2) is 22.2 Å². The Hall–Kier alpha value is -1.87. The minimum Gasteiger partial charge on any atom is -0.481 e. The Morgan fingerprint density at radius 3 is 2.14 bits per heavy atom. The summed E-state index contributed by atoms with van der Waals surface area (Å²) in [7, 11) is 0. The van der Waals surface area contributed by atoms with Crippen LogP contribution in [0.2, 0.25) is 0 Å². The lowest BCUT2D eigenvalue weighted by atomic mass is 9.74. The maximum Gasteiger partial charge on any atom is 0.303 e. The van der Waals surface area contributed by atoms with Gasteiger partial charge in [-0.15, -0.1) is 0 Å². The fourth-order valence-corrected chi connectivity index (χ4v) is 3.18. The second-order valence-corrected chi connectivity index (χ2v) is 6.00. The number of hydrogen-bond donors (Lipinski definition) is 2. The fourth-order valence-electron chi connectivity index (χ4n) is 2.37. The van der Waals surface area contributed by atoms with Crippen LogP contribution in [0, 0.1) is 11.3 Å². The molecule has 1 rings (SSSR count). The van der Waals surface area contributed by atoms with E-state index in [1.807, 2.05) is 19.1 Å². The molecule has 0 atom stereocenters. The largest absolute Gasteiger partial charge is 0.481 e. The van der Waals surface area contributed by atoms with Crippen molar-refractivity contribution in [3.05, 3.63) is 33.8 Å². The van der Waals surface area contributed by atoms with Gasteiger partial charge in [-0.05, 0) is 36.5 Å². The zero-order valence-electron chi connectivity index (χ0n) is 12.3. The van der Waals surface area contributed by atoms with Crippen LogP contribution in [-0.2, 0) is 21.4 Å². The summed E-state index contributed by atoms with van der Waals surface area (Å²) in [6, 6.07) is 7.73. The molecule has 1 aromatic rings. The third-order valence-electron chi connectivity index (χ3n) is 3.70. The minimum absolute atomic E-state index is 0.0795. The lowest BCUT2D eigenvalue weighted by molar-refractivity contribution is -0.137. The van der Waals surface area contributed by atoms with Crippen molar-refractivity contribution in [3.8, 4) is 6.07 Å². The quantitative estimate of drug-likeness (QED) is 0.732. The molecule has 0 saturated heterocycles. The molecule has 0 aliphatic carbocycles. The minimum atomic E-state index is -1.12. The van der Waals surface area contributed by atoms with Gasteiger partial charge in [0.1, 0.15) is 0 Å². The molecular weight excluding hydrogens is 350 g/mol. The lowest BCUT2D eigenvalue weighted by Gasteiger charge is -2.27. The fraction of sp³-hybridized carbons (Fsp3) is 0.438. The molecule has 0 fully saturated rings. The number of rotatable bonds is 8. The van der Waals surface area contributed by atoms with Gasteiger partial charge in [0.15, 0.2) is 0 Å². The number of carboxylic acids is 2. The van der Waals surface area contributed by atoms with Crippen molar-refractivity contribution >= 4 is 27.9 Å². The number of benzene rings is 1. The van der Waals surface area contributed by atoms with E-state index in [1.54, 1.807) is 6.07 Å². The van der Waals surface area contributed by atoms with Crippen LogP contribution in [0.1, 0.15) is 43.7 Å². The molecule has 2 N–H and O–H groups in total. The van der Waals surface area contributed by atoms with Crippen molar-refractivity contribution in [2.45, 2.75) is 44.4 Å². The van der Waals surface area contributed by atoms with E-state index in [-0.39, 0.29) is 25.7 Å². The van der Waals surface area contributed by atoms with E-state index in [9.17, 15) is 14.9 Å². The molecule has 0 aromatic heterocycles. The van der Waals surface area contributed by atoms with E-state index in [4.69, 9.17) is 10.2 Å². The molecule has 0 radical (unpaired) electrons. The second-order valence-electron chi connectivity index (χ2n) is 5.15. The smallest absolute Gasteiger partial charge is 0.303 e. The van der Waals surface area contributed by atoms with Crippen molar-refractivity contribution in [2.75, 3.05) is 0 Å². The maximum atomic E-state index is 10.9. The second kappa shape index (κ2) is 7.95. The van der Waals surface area contributed by atoms with Crippen LogP contribution >= 0.6 is 15.9 Å². The van der Waals surface area contributed by atoms with Gasteiger partial charge in [-0.3, -0.25) is 9.59 Å². The van der Waals surface area contributed by atoms with Gasteiger partial charge in [0.2, 0.25) is 0 Å². The average Bonchev–Trinajstić information content (AvgIpc) is 2.48. The number of halogens is 1. The number of nitrogens with zero attached hydrogens (tertiary/aromatic N) is 1. The highest BCUT2D eigenvalue weighted by molar-refractivity contribution is 9.10. The van der Waals surface area contributed by atoms with Gasteiger partial charge >= 0.3 is 11.9 Å². The highest BCUT2D eigenvalue weighted by atomic mass is 79.9. The van der Waals surface area contributed by atoms with Gasteiger partial charge in [0, 0.05) is 17.3 Å². The molecule has 1 aromatic carbocycles. The molecule has 0 bridgehead atoms. The number of carbonyl (C=O) groups is 2. The third-order valence-corrected chi connectivity index (χ3v) is 4.36. The highest BCUT2D eigenvalue weighted by Gasteiger charge is 2.35. The summed E-state index contributed by atoms with van der Waals surface area (Å²) in [5.74, 6) is -2.01. The predicted molar refractivity (Wildman–Crippen MR) is 84.6 cm³/mol. The predicted octanol–water partition coefficient (Wildman–Crippen LogP) is 3.50. The van der Waals surface area contributed by atoms with E-state index in [0.29, 0.717) is 10.0 Å². The zero-order valence-corrected chi connectivity index (χ0v) is 13.9. The first-order chi connectivity index (χ1) is 10.3. The van der Waals surface area contributed by atoms with Gasteiger partial charge in [-0.2, -0.15) is 5.26 Å². The van der Waals surface area contributed by atoms with Crippen LogP contribution in [0.25, 0.3) is 0 Å². The summed E-state index contributed by atoms with van der Waals surface area (Å²) in [5, 5.41) is 27.5. The van der Waals surface area contributed by atoms with Crippen molar-refractivity contribution in [1.29, 1.82) is 5.26 Å². The van der Waals surface area contributed by atoms with Crippen LogP contribution < -0.4 is 0 Å². The molecular formula is C16H18BrNO4. The van der Waals surface area contributed by atoms with E-state index < -0.39 is 17.4 Å². The van der Waals surface area contributed by atoms with Crippen LogP contribution in [0.3, 0.4) is 0 Å². The molecule has 0 spiro atoms. The Bertz CT molecular complexity index is 589. The summed E-state index contributed by atoms with van der Waals surface area (Å²) in [5.41, 5.74) is 0.607. The van der Waals surface area contributed by atoms with E-state index in [2.05, 4.69) is 22.0 Å². The highest BCUT2D eigenvalue weighted by Crippen LogP contribution is 2.38. The van der Waals surface area contributed by atoms with Crippen molar-refractivity contribution in [3.63, 3.8) is 0 Å². The van der Waals surface area contributed by atoms with Gasteiger partial charge < -0.3 is 10.2 Å². The molecule has 0 amide bonds. The van der Waals surface area contributed by atoms with Gasteiger partial charge in [0.25, 0.3) is 0 Å². The average molecular weight is 368 g/mol. The summed E-state index contributed by atoms with van der Waals surface area (Å²) in [4.78, 5) is 21.8. The SMILES string of the molecule is CCc1ccc(C(C#N)(CCC(=O)O)CCC(=O)O)c(Br)c1. The summed E-state index contributed by atoms with van der Waals surface area (Å²) in [6.45, 7) is 2.01. The number of nitriles is 1. The standard InChI is InChI=1S/C16H18BrNO4/c1-2-11-3-4-12(13(17)9-11)16(10-18,7-5-14(19)20)8-6-15(21)22/h3-4,9H,2,5-8H2,1H3,(H,19,20)(H,21,22). The maximum absolute atomic E-state index is 10.9. The molecule has 118 valence electrons. The van der Waals surface area contributed by atoms with Crippen LogP contribution in [0.15, 0.2) is 22.7 Å². The first-order valence-electron chi connectivity index (χ1n) is 6.98. The summed E-state index contributed by atoms with van der Waals surface area (Å²) in [6.07, 6.45) is 0.624. The number of carboxylic acid groups (broad SMARTS) is 2. The van der Waals surface area contributed by atoms with E-state index >= 15 is 0 Å². The van der Waals surface area contributed by atoms with Crippen molar-refractivity contribution in [2.24, 2.45) is 0 Å². The monoisotopic (exact) mass is 367 g/mol. The molecule has 5 nitrogen and oxygen atoms in total. The van der Waals surface area contributed by atoms with Crippen molar-refractivity contribution < 1.29 is 19.8 Å². The number of hydrogen-bond acceptors (Lipinski definition) is 3. The van der Waals surface area contributed by atoms with Crippen LogP contribution in [0.4, 0.5) is 0 Å². The third kappa shape index (κ3) is 4.57. The Morgan fingerprint density at radius 1 is 1.23 bits per heavy atom. The Balaban J connectivity index is 3.25. The van der Waals surface area contributed by atoms with E-state index in [1.165, 1.54) is 0 Å². The van der Waals surface area contributed by atoms with Crippen molar-refractivity contribution in [1.82, 2.24) is 0 Å². The van der Waals surface area contributed by atoms with Gasteiger partial charge in [-0.1, -0.05) is 35.0 Å². The Morgan fingerprint density at radius 2 is 1.77 bits per heavy atom. The molecule has 0 heterocycles. The molecule has 6 heteroatoms. The summed E-state index contributed by atoms with van der Waals surface area (Å²) < 4.78 is 0.712. The topological polar surface area (TPSA) is 98.4 Å². The van der Waals surface area contributed by atoms with E-state index in [0.717, 1.165) is 12.0 Å². The Labute approximate surface area is 137 Å². The Kier molecular flexibility index (Phi) is 6.57. The normalized spacial score (nSPS) is 11.0. The van der Waals surface area contributed by atoms with Gasteiger partial charge in [0.05, 0.1) is 11.5 Å². The lowest BCUT2D eigenvalue weighted by Crippen LogP contribution is -2.27. The van der Waals surface area contributed by atoms with Gasteiger partial charge in [-0.25, -0.2) is 0 Å². The number of aryl methyl sites for hydroxylation is 1. The van der Waals surface area contributed by atoms with Crippen LogP contribution in [0.5, 0.6) is 0 Å².